The number of aryl methyl sites for hydroxylation is 1. The number of hydrogen-bond donors (Lipinski definition) is 0. The number of thiazole rings is 1. The molecule has 0 bridgehead atoms. The van der Waals surface area contributed by atoms with Crippen LogP contribution in [-0.2, 0) is 11.2 Å². The van der Waals surface area contributed by atoms with Crippen LogP contribution in [0.1, 0.15) is 48.4 Å². The van der Waals surface area contributed by atoms with Gasteiger partial charge in [0, 0.05) is 29.6 Å². The highest BCUT2D eigenvalue weighted by atomic mass is 32.1. The highest BCUT2D eigenvalue weighted by Crippen LogP contribution is 2.30. The lowest BCUT2D eigenvalue weighted by molar-refractivity contribution is -0.134. The number of rotatable bonds is 5. The molecule has 3 heterocycles. The fourth-order valence-electron chi connectivity index (χ4n) is 4.62. The van der Waals surface area contributed by atoms with Crippen molar-refractivity contribution in [3.8, 4) is 11.3 Å². The van der Waals surface area contributed by atoms with Gasteiger partial charge in [0.1, 0.15) is 5.82 Å². The second-order valence-electron chi connectivity index (χ2n) is 8.29. The Morgan fingerprint density at radius 1 is 1.10 bits per heavy atom. The van der Waals surface area contributed by atoms with Gasteiger partial charge in [0.15, 0.2) is 0 Å². The average molecular weight is 416 g/mol. The molecule has 2 aliphatic rings. The van der Waals surface area contributed by atoms with E-state index >= 15 is 0 Å². The van der Waals surface area contributed by atoms with Crippen molar-refractivity contribution >= 4 is 17.2 Å². The number of hydrogen-bond acceptors (Lipinski definition) is 4. The largest absolute Gasteiger partial charge is 0.338 e. The maximum Gasteiger partial charge on any atom is 0.228 e. The van der Waals surface area contributed by atoms with Gasteiger partial charge in [0.25, 0.3) is 0 Å². The van der Waals surface area contributed by atoms with Crippen LogP contribution in [0.15, 0.2) is 24.3 Å². The summed E-state index contributed by atoms with van der Waals surface area (Å²) >= 11 is 1.58. The molecule has 0 aliphatic carbocycles. The topological polar surface area (TPSA) is 36.4 Å². The van der Waals surface area contributed by atoms with Crippen molar-refractivity contribution in [2.24, 2.45) is 0 Å². The van der Waals surface area contributed by atoms with E-state index < -0.39 is 0 Å². The molecule has 2 aromatic rings. The van der Waals surface area contributed by atoms with Crippen LogP contribution < -0.4 is 0 Å². The number of amides is 1. The third-order valence-electron chi connectivity index (χ3n) is 6.10. The zero-order chi connectivity index (χ0) is 20.2. The van der Waals surface area contributed by atoms with Gasteiger partial charge in [-0.1, -0.05) is 6.42 Å². The summed E-state index contributed by atoms with van der Waals surface area (Å²) in [5.74, 6) is -0.0501. The summed E-state index contributed by atoms with van der Waals surface area (Å²) in [6.45, 7) is 6.17. The van der Waals surface area contributed by atoms with E-state index in [1.165, 1.54) is 50.9 Å². The quantitative estimate of drug-likeness (QED) is 0.712. The van der Waals surface area contributed by atoms with Gasteiger partial charge in [-0.05, 0) is 76.4 Å². The SMILES string of the molecule is Cc1nc(-c2ccc(F)cc2)c(CC(=O)N2CCCC[C@H]2CN2CCCCC2)s1. The summed E-state index contributed by atoms with van der Waals surface area (Å²) in [5.41, 5.74) is 1.70. The maximum atomic E-state index is 13.3. The lowest BCUT2D eigenvalue weighted by atomic mass is 9.99. The van der Waals surface area contributed by atoms with Crippen LogP contribution >= 0.6 is 11.3 Å². The monoisotopic (exact) mass is 415 g/mol. The normalized spacial score (nSPS) is 20.8. The Hall–Kier alpha value is -1.79. The van der Waals surface area contributed by atoms with E-state index in [9.17, 15) is 9.18 Å². The predicted molar refractivity (Wildman–Crippen MR) is 116 cm³/mol. The van der Waals surface area contributed by atoms with E-state index in [1.807, 2.05) is 6.92 Å². The molecular formula is C23H30FN3OS. The molecule has 0 saturated carbocycles. The minimum Gasteiger partial charge on any atom is -0.338 e. The van der Waals surface area contributed by atoms with Crippen molar-refractivity contribution < 1.29 is 9.18 Å². The Bertz CT molecular complexity index is 829. The van der Waals surface area contributed by atoms with Gasteiger partial charge in [-0.3, -0.25) is 4.79 Å². The van der Waals surface area contributed by atoms with Gasteiger partial charge >= 0.3 is 0 Å². The molecule has 156 valence electrons. The van der Waals surface area contributed by atoms with Gasteiger partial charge in [0.2, 0.25) is 5.91 Å². The lowest BCUT2D eigenvalue weighted by Crippen LogP contribution is -2.50. The highest BCUT2D eigenvalue weighted by molar-refractivity contribution is 7.12. The number of carbonyl (C=O) groups is 1. The van der Waals surface area contributed by atoms with Gasteiger partial charge in [-0.15, -0.1) is 11.3 Å². The number of likely N-dealkylation sites (tertiary alicyclic amines) is 2. The minimum absolute atomic E-state index is 0.207. The first-order valence-electron chi connectivity index (χ1n) is 10.8. The molecule has 1 atom stereocenters. The third-order valence-corrected chi connectivity index (χ3v) is 7.07. The molecule has 6 heteroatoms. The van der Waals surface area contributed by atoms with E-state index in [0.29, 0.717) is 12.5 Å². The summed E-state index contributed by atoms with van der Waals surface area (Å²) in [5, 5.41) is 0.940. The summed E-state index contributed by atoms with van der Waals surface area (Å²) in [7, 11) is 0. The average Bonchev–Trinajstić information content (AvgIpc) is 3.09. The van der Waals surface area contributed by atoms with Crippen LogP contribution in [0, 0.1) is 12.7 Å². The number of halogens is 1. The predicted octanol–water partition coefficient (Wildman–Crippen LogP) is 4.67. The first-order chi connectivity index (χ1) is 14.1. The molecule has 0 spiro atoms. The highest BCUT2D eigenvalue weighted by Gasteiger charge is 2.29. The molecule has 4 rings (SSSR count). The van der Waals surface area contributed by atoms with Crippen molar-refractivity contribution in [2.45, 2.75) is 57.9 Å². The molecular weight excluding hydrogens is 385 g/mol. The summed E-state index contributed by atoms with van der Waals surface area (Å²) in [6.07, 6.45) is 7.69. The Morgan fingerprint density at radius 3 is 2.59 bits per heavy atom. The van der Waals surface area contributed by atoms with Crippen LogP contribution in [0.25, 0.3) is 11.3 Å². The standard InChI is InChI=1S/C23H30FN3OS/c1-17-25-23(18-8-10-19(24)11-9-18)21(29-17)15-22(28)27-14-6-3-7-20(27)16-26-12-4-2-5-13-26/h8-11,20H,2-7,12-16H2,1H3/t20-/m0/s1. The number of piperidine rings is 2. The molecule has 0 radical (unpaired) electrons. The molecule has 1 aromatic heterocycles. The fourth-order valence-corrected chi connectivity index (χ4v) is 5.57. The molecule has 0 N–H and O–H groups in total. The van der Waals surface area contributed by atoms with Crippen LogP contribution in [0.3, 0.4) is 0 Å². The molecule has 29 heavy (non-hydrogen) atoms. The van der Waals surface area contributed by atoms with Crippen LogP contribution in [0.2, 0.25) is 0 Å². The Morgan fingerprint density at radius 2 is 1.83 bits per heavy atom. The van der Waals surface area contributed by atoms with Crippen LogP contribution in [-0.4, -0.2) is 52.9 Å². The lowest BCUT2D eigenvalue weighted by Gasteiger charge is -2.39. The Kier molecular flexibility index (Phi) is 6.60. The van der Waals surface area contributed by atoms with E-state index in [0.717, 1.165) is 47.1 Å². The first kappa shape index (κ1) is 20.5. The van der Waals surface area contributed by atoms with Crippen molar-refractivity contribution in [1.29, 1.82) is 0 Å². The second kappa shape index (κ2) is 9.35. The number of carbonyl (C=O) groups excluding carboxylic acids is 1. The smallest absolute Gasteiger partial charge is 0.228 e. The maximum absolute atomic E-state index is 13.3. The van der Waals surface area contributed by atoms with Gasteiger partial charge in [-0.2, -0.15) is 0 Å². The molecule has 2 saturated heterocycles. The molecule has 4 nitrogen and oxygen atoms in total. The Labute approximate surface area is 176 Å². The van der Waals surface area contributed by atoms with Gasteiger partial charge in [0.05, 0.1) is 17.1 Å². The van der Waals surface area contributed by atoms with E-state index in [-0.39, 0.29) is 11.7 Å². The molecule has 2 fully saturated rings. The zero-order valence-electron chi connectivity index (χ0n) is 17.2. The third kappa shape index (κ3) is 5.04. The summed E-state index contributed by atoms with van der Waals surface area (Å²) in [6, 6.07) is 6.73. The van der Waals surface area contributed by atoms with Crippen molar-refractivity contribution in [2.75, 3.05) is 26.2 Å². The van der Waals surface area contributed by atoms with E-state index in [2.05, 4.69) is 14.8 Å². The second-order valence-corrected chi connectivity index (χ2v) is 9.57. The zero-order valence-corrected chi connectivity index (χ0v) is 18.0. The summed E-state index contributed by atoms with van der Waals surface area (Å²) in [4.78, 5) is 23.6. The Balaban J connectivity index is 1.48. The number of benzene rings is 1. The minimum atomic E-state index is -0.257. The van der Waals surface area contributed by atoms with Crippen molar-refractivity contribution in [3.05, 3.63) is 40.0 Å². The first-order valence-corrected chi connectivity index (χ1v) is 11.7. The van der Waals surface area contributed by atoms with Crippen molar-refractivity contribution in [3.63, 3.8) is 0 Å². The number of aromatic nitrogens is 1. The fraction of sp³-hybridized carbons (Fsp3) is 0.565. The van der Waals surface area contributed by atoms with Gasteiger partial charge < -0.3 is 9.80 Å². The van der Waals surface area contributed by atoms with Crippen LogP contribution in [0.5, 0.6) is 0 Å². The summed E-state index contributed by atoms with van der Waals surface area (Å²) < 4.78 is 13.3. The van der Waals surface area contributed by atoms with Gasteiger partial charge in [-0.25, -0.2) is 9.37 Å². The van der Waals surface area contributed by atoms with E-state index in [4.69, 9.17) is 0 Å². The van der Waals surface area contributed by atoms with Crippen LogP contribution in [0.4, 0.5) is 4.39 Å². The van der Waals surface area contributed by atoms with E-state index in [1.54, 1.807) is 23.5 Å². The molecule has 0 unspecified atom stereocenters. The molecule has 2 aliphatic heterocycles. The van der Waals surface area contributed by atoms with Crippen molar-refractivity contribution in [1.82, 2.24) is 14.8 Å². The molecule has 1 amide bonds. The number of nitrogens with zero attached hydrogens (tertiary/aromatic N) is 3. The molecule has 1 aromatic carbocycles.